The van der Waals surface area contributed by atoms with Crippen LogP contribution in [0.15, 0.2) is 42.5 Å². The molecule has 0 spiro atoms. The van der Waals surface area contributed by atoms with Gasteiger partial charge in [-0.1, -0.05) is 18.2 Å². The molecule has 0 bridgehead atoms. The SMILES string of the molecule is CNC(CCc1ccc(OC)cc1)c1ccc(F)c(F)c1. The van der Waals surface area contributed by atoms with Gasteiger partial charge in [0.2, 0.25) is 0 Å². The Morgan fingerprint density at radius 3 is 2.33 bits per heavy atom. The van der Waals surface area contributed by atoms with Crippen molar-refractivity contribution in [3.63, 3.8) is 0 Å². The highest BCUT2D eigenvalue weighted by molar-refractivity contribution is 5.28. The lowest BCUT2D eigenvalue weighted by Gasteiger charge is -2.17. The highest BCUT2D eigenvalue weighted by Gasteiger charge is 2.12. The summed E-state index contributed by atoms with van der Waals surface area (Å²) in [5.74, 6) is -0.800. The van der Waals surface area contributed by atoms with Gasteiger partial charge >= 0.3 is 0 Å². The maximum atomic E-state index is 13.3. The van der Waals surface area contributed by atoms with Gasteiger partial charge in [0.1, 0.15) is 5.75 Å². The van der Waals surface area contributed by atoms with Gasteiger partial charge in [0, 0.05) is 6.04 Å². The lowest BCUT2D eigenvalue weighted by Crippen LogP contribution is -2.17. The van der Waals surface area contributed by atoms with Crippen LogP contribution in [0.1, 0.15) is 23.6 Å². The maximum Gasteiger partial charge on any atom is 0.159 e. The Morgan fingerprint density at radius 2 is 1.76 bits per heavy atom. The van der Waals surface area contributed by atoms with Crippen LogP contribution in [0.25, 0.3) is 0 Å². The van der Waals surface area contributed by atoms with E-state index in [0.29, 0.717) is 0 Å². The van der Waals surface area contributed by atoms with Crippen LogP contribution in [0.3, 0.4) is 0 Å². The van der Waals surface area contributed by atoms with E-state index in [2.05, 4.69) is 5.32 Å². The summed E-state index contributed by atoms with van der Waals surface area (Å²) in [6, 6.07) is 11.9. The summed E-state index contributed by atoms with van der Waals surface area (Å²) in [5.41, 5.74) is 1.93. The number of nitrogens with one attached hydrogen (secondary N) is 1. The molecule has 0 aliphatic heterocycles. The molecule has 1 N–H and O–H groups in total. The smallest absolute Gasteiger partial charge is 0.159 e. The molecule has 0 saturated carbocycles. The molecule has 2 aromatic rings. The number of hydrogen-bond donors (Lipinski definition) is 1. The van der Waals surface area contributed by atoms with E-state index in [9.17, 15) is 8.78 Å². The molecule has 21 heavy (non-hydrogen) atoms. The molecule has 0 aliphatic rings. The van der Waals surface area contributed by atoms with Crippen LogP contribution in [-0.2, 0) is 6.42 Å². The van der Waals surface area contributed by atoms with Crippen molar-refractivity contribution in [3.8, 4) is 5.75 Å². The quantitative estimate of drug-likeness (QED) is 0.872. The fraction of sp³-hybridized carbons (Fsp3) is 0.294. The zero-order valence-corrected chi connectivity index (χ0v) is 12.2. The molecule has 2 aromatic carbocycles. The molecule has 0 radical (unpaired) electrons. The Kier molecular flexibility index (Phi) is 5.28. The minimum absolute atomic E-state index is 0.0119. The number of hydrogen-bond acceptors (Lipinski definition) is 2. The Labute approximate surface area is 123 Å². The van der Waals surface area contributed by atoms with Crippen molar-refractivity contribution in [2.75, 3.05) is 14.2 Å². The van der Waals surface area contributed by atoms with Gasteiger partial charge in [-0.25, -0.2) is 8.78 Å². The molecular formula is C17H19F2NO. The normalized spacial score (nSPS) is 12.2. The number of halogens is 2. The van der Waals surface area contributed by atoms with E-state index in [1.807, 2.05) is 31.3 Å². The van der Waals surface area contributed by atoms with Gasteiger partial charge in [-0.3, -0.25) is 0 Å². The fourth-order valence-corrected chi connectivity index (χ4v) is 2.31. The number of methoxy groups -OCH3 is 1. The molecule has 4 heteroatoms. The van der Waals surface area contributed by atoms with Crippen LogP contribution >= 0.6 is 0 Å². The van der Waals surface area contributed by atoms with Gasteiger partial charge in [-0.2, -0.15) is 0 Å². The fourth-order valence-electron chi connectivity index (χ4n) is 2.31. The monoisotopic (exact) mass is 291 g/mol. The highest BCUT2D eigenvalue weighted by atomic mass is 19.2. The Morgan fingerprint density at radius 1 is 1.05 bits per heavy atom. The van der Waals surface area contributed by atoms with E-state index in [0.717, 1.165) is 24.2 Å². The summed E-state index contributed by atoms with van der Waals surface area (Å²) in [5, 5.41) is 3.14. The van der Waals surface area contributed by atoms with Gasteiger partial charge in [-0.05, 0) is 55.3 Å². The number of benzene rings is 2. The Balaban J connectivity index is 2.02. The van der Waals surface area contributed by atoms with Crippen LogP contribution in [-0.4, -0.2) is 14.2 Å². The summed E-state index contributed by atoms with van der Waals surface area (Å²) >= 11 is 0. The van der Waals surface area contributed by atoms with Gasteiger partial charge in [-0.15, -0.1) is 0 Å². The molecular weight excluding hydrogens is 272 g/mol. The van der Waals surface area contributed by atoms with Gasteiger partial charge < -0.3 is 10.1 Å². The second kappa shape index (κ2) is 7.18. The molecule has 1 unspecified atom stereocenters. The van der Waals surface area contributed by atoms with Crippen LogP contribution in [0.5, 0.6) is 5.75 Å². The lowest BCUT2D eigenvalue weighted by molar-refractivity contribution is 0.414. The Hall–Kier alpha value is -1.94. The molecule has 2 rings (SSSR count). The van der Waals surface area contributed by atoms with Crippen LogP contribution in [0, 0.1) is 11.6 Å². The van der Waals surface area contributed by atoms with E-state index < -0.39 is 11.6 Å². The van der Waals surface area contributed by atoms with E-state index in [1.54, 1.807) is 13.2 Å². The topological polar surface area (TPSA) is 21.3 Å². The third-order valence-electron chi connectivity index (χ3n) is 3.58. The van der Waals surface area contributed by atoms with Crippen molar-refractivity contribution in [2.24, 2.45) is 0 Å². The first-order chi connectivity index (χ1) is 10.1. The zero-order chi connectivity index (χ0) is 15.2. The van der Waals surface area contributed by atoms with E-state index in [-0.39, 0.29) is 6.04 Å². The summed E-state index contributed by atoms with van der Waals surface area (Å²) in [7, 11) is 3.45. The molecule has 0 heterocycles. The van der Waals surface area contributed by atoms with E-state index >= 15 is 0 Å². The number of rotatable bonds is 6. The van der Waals surface area contributed by atoms with Gasteiger partial charge in [0.05, 0.1) is 7.11 Å². The van der Waals surface area contributed by atoms with Crippen molar-refractivity contribution in [2.45, 2.75) is 18.9 Å². The third kappa shape index (κ3) is 4.02. The third-order valence-corrected chi connectivity index (χ3v) is 3.58. The van der Waals surface area contributed by atoms with E-state index in [4.69, 9.17) is 4.74 Å². The molecule has 0 aliphatic carbocycles. The van der Waals surface area contributed by atoms with Gasteiger partial charge in [0.25, 0.3) is 0 Å². The molecule has 0 fully saturated rings. The molecule has 0 saturated heterocycles. The average Bonchev–Trinajstić information content (AvgIpc) is 2.52. The highest BCUT2D eigenvalue weighted by Crippen LogP contribution is 2.22. The summed E-state index contributed by atoms with van der Waals surface area (Å²) in [6.07, 6.45) is 1.64. The van der Waals surface area contributed by atoms with Crippen molar-refractivity contribution in [1.82, 2.24) is 5.32 Å². The van der Waals surface area contributed by atoms with Crippen molar-refractivity contribution in [1.29, 1.82) is 0 Å². The van der Waals surface area contributed by atoms with Gasteiger partial charge in [0.15, 0.2) is 11.6 Å². The largest absolute Gasteiger partial charge is 0.497 e. The first-order valence-corrected chi connectivity index (χ1v) is 6.89. The minimum atomic E-state index is -0.816. The first kappa shape index (κ1) is 15.4. The zero-order valence-electron chi connectivity index (χ0n) is 12.2. The second-order valence-corrected chi connectivity index (χ2v) is 4.90. The second-order valence-electron chi connectivity index (χ2n) is 4.90. The minimum Gasteiger partial charge on any atom is -0.497 e. The summed E-state index contributed by atoms with van der Waals surface area (Å²) in [6.45, 7) is 0. The number of aryl methyl sites for hydroxylation is 1. The molecule has 112 valence electrons. The lowest BCUT2D eigenvalue weighted by atomic mass is 9.99. The Bertz CT molecular complexity index is 584. The predicted octanol–water partition coefficient (Wildman–Crippen LogP) is 3.87. The van der Waals surface area contributed by atoms with Crippen LogP contribution in [0.4, 0.5) is 8.78 Å². The maximum absolute atomic E-state index is 13.3. The average molecular weight is 291 g/mol. The summed E-state index contributed by atoms with van der Waals surface area (Å²) in [4.78, 5) is 0. The molecule has 1 atom stereocenters. The predicted molar refractivity (Wildman–Crippen MR) is 79.5 cm³/mol. The standard InChI is InChI=1S/C17H19F2NO/c1-20-17(13-6-9-15(18)16(19)11-13)10-5-12-3-7-14(21-2)8-4-12/h3-4,6-9,11,17,20H,5,10H2,1-2H3. The summed E-state index contributed by atoms with van der Waals surface area (Å²) < 4.78 is 31.4. The van der Waals surface area contributed by atoms with Crippen LogP contribution in [0.2, 0.25) is 0 Å². The van der Waals surface area contributed by atoms with Crippen LogP contribution < -0.4 is 10.1 Å². The van der Waals surface area contributed by atoms with Crippen molar-refractivity contribution in [3.05, 3.63) is 65.2 Å². The molecule has 0 amide bonds. The number of ether oxygens (including phenoxy) is 1. The first-order valence-electron chi connectivity index (χ1n) is 6.89. The van der Waals surface area contributed by atoms with Crippen molar-refractivity contribution >= 4 is 0 Å². The van der Waals surface area contributed by atoms with Crippen molar-refractivity contribution < 1.29 is 13.5 Å². The van der Waals surface area contributed by atoms with E-state index in [1.165, 1.54) is 17.7 Å². The molecule has 2 nitrogen and oxygen atoms in total. The molecule has 0 aromatic heterocycles.